The Hall–Kier alpha value is -1.70. The molecule has 0 aromatic heterocycles. The second-order valence-corrected chi connectivity index (χ2v) is 3.09. The molecule has 0 aliphatic rings. The normalized spacial score (nSPS) is 10.4. The molecule has 0 spiro atoms. The van der Waals surface area contributed by atoms with E-state index < -0.39 is 0 Å². The molecule has 72 valence electrons. The lowest BCUT2D eigenvalue weighted by Gasteiger charge is -2.07. The van der Waals surface area contributed by atoms with Gasteiger partial charge in [-0.1, -0.05) is 18.2 Å². The molecule has 0 aliphatic heterocycles. The number of hydrogen-bond donors (Lipinski definition) is 1. The third kappa shape index (κ3) is 1.51. The summed E-state index contributed by atoms with van der Waals surface area (Å²) in [6, 6.07) is 11.1. The van der Waals surface area contributed by atoms with Crippen LogP contribution >= 0.6 is 0 Å². The molecule has 0 bridgehead atoms. The van der Waals surface area contributed by atoms with Crippen molar-refractivity contribution in [2.24, 2.45) is 0 Å². The predicted molar refractivity (Wildman–Crippen MR) is 56.8 cm³/mol. The predicted octanol–water partition coefficient (Wildman–Crippen LogP) is 2.94. The Labute approximate surface area is 82.8 Å². The van der Waals surface area contributed by atoms with Crippen molar-refractivity contribution in [2.75, 3.05) is 6.61 Å². The van der Waals surface area contributed by atoms with Gasteiger partial charge in [-0.05, 0) is 30.5 Å². The van der Waals surface area contributed by atoms with Crippen molar-refractivity contribution in [2.45, 2.75) is 6.92 Å². The van der Waals surface area contributed by atoms with Gasteiger partial charge in [-0.2, -0.15) is 0 Å². The number of ether oxygens (including phenoxy) is 1. The molecule has 0 fully saturated rings. The number of phenolic OH excluding ortho intramolecular Hbond substituents is 1. The van der Waals surface area contributed by atoms with Crippen LogP contribution in [0.25, 0.3) is 10.8 Å². The fraction of sp³-hybridized carbons (Fsp3) is 0.167. The van der Waals surface area contributed by atoms with Gasteiger partial charge in [-0.25, -0.2) is 0 Å². The van der Waals surface area contributed by atoms with Crippen molar-refractivity contribution in [3.63, 3.8) is 0 Å². The Kier molecular flexibility index (Phi) is 2.27. The van der Waals surface area contributed by atoms with Crippen LogP contribution in [0.3, 0.4) is 0 Å². The number of benzene rings is 2. The van der Waals surface area contributed by atoms with E-state index in [1.54, 1.807) is 12.1 Å². The fourth-order valence-corrected chi connectivity index (χ4v) is 1.51. The number of aromatic hydroxyl groups is 1. The molecule has 2 aromatic carbocycles. The van der Waals surface area contributed by atoms with Crippen molar-refractivity contribution >= 4 is 10.8 Å². The van der Waals surface area contributed by atoms with E-state index in [1.165, 1.54) is 0 Å². The summed E-state index contributed by atoms with van der Waals surface area (Å²) in [4.78, 5) is 0. The van der Waals surface area contributed by atoms with Gasteiger partial charge >= 0.3 is 0 Å². The highest BCUT2D eigenvalue weighted by atomic mass is 16.5. The minimum atomic E-state index is 0.268. The van der Waals surface area contributed by atoms with E-state index in [0.29, 0.717) is 6.61 Å². The second-order valence-electron chi connectivity index (χ2n) is 3.09. The average molecular weight is 188 g/mol. The van der Waals surface area contributed by atoms with Gasteiger partial charge in [0.1, 0.15) is 11.5 Å². The monoisotopic (exact) mass is 188 g/mol. The van der Waals surface area contributed by atoms with Crippen LogP contribution in [0.15, 0.2) is 36.4 Å². The molecule has 0 atom stereocenters. The molecule has 0 heterocycles. The Morgan fingerprint density at radius 1 is 1.21 bits per heavy atom. The first-order valence-electron chi connectivity index (χ1n) is 4.66. The Morgan fingerprint density at radius 2 is 2.07 bits per heavy atom. The van der Waals surface area contributed by atoms with E-state index in [2.05, 4.69) is 0 Å². The van der Waals surface area contributed by atoms with E-state index >= 15 is 0 Å². The van der Waals surface area contributed by atoms with Gasteiger partial charge in [0.05, 0.1) is 6.61 Å². The van der Waals surface area contributed by atoms with Crippen LogP contribution in [0, 0.1) is 0 Å². The third-order valence-electron chi connectivity index (χ3n) is 2.13. The first kappa shape index (κ1) is 8.88. The summed E-state index contributed by atoms with van der Waals surface area (Å²) in [5.41, 5.74) is 0. The standard InChI is InChI=1S/C12H12O2/c1-2-14-12-5-3-4-9-6-7-10(13)8-11(9)12/h3-8,13H,2H2,1H3. The lowest BCUT2D eigenvalue weighted by Crippen LogP contribution is -1.91. The smallest absolute Gasteiger partial charge is 0.127 e. The Balaban J connectivity index is 2.64. The number of fused-ring (bicyclic) bond motifs is 1. The number of rotatable bonds is 2. The quantitative estimate of drug-likeness (QED) is 0.785. The minimum Gasteiger partial charge on any atom is -0.508 e. The number of phenols is 1. The van der Waals surface area contributed by atoms with Crippen LogP contribution in [0.4, 0.5) is 0 Å². The van der Waals surface area contributed by atoms with Crippen LogP contribution in [-0.4, -0.2) is 11.7 Å². The van der Waals surface area contributed by atoms with Crippen molar-refractivity contribution in [1.29, 1.82) is 0 Å². The molecule has 0 radical (unpaired) electrons. The number of hydrogen-bond acceptors (Lipinski definition) is 2. The molecule has 2 heteroatoms. The van der Waals surface area contributed by atoms with E-state index in [9.17, 15) is 5.11 Å². The van der Waals surface area contributed by atoms with Crippen molar-refractivity contribution in [1.82, 2.24) is 0 Å². The van der Waals surface area contributed by atoms with E-state index in [0.717, 1.165) is 16.5 Å². The minimum absolute atomic E-state index is 0.268. The fourth-order valence-electron chi connectivity index (χ4n) is 1.51. The lowest BCUT2D eigenvalue weighted by atomic mass is 10.1. The van der Waals surface area contributed by atoms with E-state index in [4.69, 9.17) is 4.74 Å². The van der Waals surface area contributed by atoms with Crippen LogP contribution in [0.1, 0.15) is 6.92 Å². The summed E-state index contributed by atoms with van der Waals surface area (Å²) in [7, 11) is 0. The summed E-state index contributed by atoms with van der Waals surface area (Å²) in [6.07, 6.45) is 0. The zero-order valence-corrected chi connectivity index (χ0v) is 8.03. The molecule has 0 saturated carbocycles. The lowest BCUT2D eigenvalue weighted by molar-refractivity contribution is 0.344. The highest BCUT2D eigenvalue weighted by Crippen LogP contribution is 2.28. The maximum absolute atomic E-state index is 9.37. The zero-order chi connectivity index (χ0) is 9.97. The van der Waals surface area contributed by atoms with Gasteiger partial charge in [-0.15, -0.1) is 0 Å². The first-order valence-corrected chi connectivity index (χ1v) is 4.66. The van der Waals surface area contributed by atoms with Gasteiger partial charge in [0.2, 0.25) is 0 Å². The van der Waals surface area contributed by atoms with Crippen molar-refractivity contribution in [3.8, 4) is 11.5 Å². The second kappa shape index (κ2) is 3.58. The summed E-state index contributed by atoms with van der Waals surface area (Å²) < 4.78 is 5.46. The zero-order valence-electron chi connectivity index (χ0n) is 8.03. The van der Waals surface area contributed by atoms with E-state index in [1.807, 2.05) is 31.2 Å². The maximum atomic E-state index is 9.37. The Morgan fingerprint density at radius 3 is 2.86 bits per heavy atom. The summed E-state index contributed by atoms with van der Waals surface area (Å²) in [5, 5.41) is 11.4. The van der Waals surface area contributed by atoms with Crippen LogP contribution in [0.5, 0.6) is 11.5 Å². The molecule has 0 unspecified atom stereocenters. The molecule has 1 N–H and O–H groups in total. The summed E-state index contributed by atoms with van der Waals surface area (Å²) in [5.74, 6) is 1.09. The third-order valence-corrected chi connectivity index (χ3v) is 2.13. The molecular formula is C12H12O2. The van der Waals surface area contributed by atoms with Crippen LogP contribution < -0.4 is 4.74 Å². The van der Waals surface area contributed by atoms with Gasteiger partial charge in [0, 0.05) is 5.39 Å². The van der Waals surface area contributed by atoms with Gasteiger partial charge in [-0.3, -0.25) is 0 Å². The van der Waals surface area contributed by atoms with Gasteiger partial charge in [0.25, 0.3) is 0 Å². The topological polar surface area (TPSA) is 29.5 Å². The molecule has 0 aliphatic carbocycles. The van der Waals surface area contributed by atoms with Crippen LogP contribution in [0.2, 0.25) is 0 Å². The Bertz CT molecular complexity index is 449. The molecule has 2 nitrogen and oxygen atoms in total. The molecule has 14 heavy (non-hydrogen) atoms. The largest absolute Gasteiger partial charge is 0.508 e. The van der Waals surface area contributed by atoms with E-state index in [-0.39, 0.29) is 5.75 Å². The molecule has 2 aromatic rings. The highest BCUT2D eigenvalue weighted by Gasteiger charge is 2.01. The molecule has 0 saturated heterocycles. The summed E-state index contributed by atoms with van der Waals surface area (Å²) >= 11 is 0. The first-order chi connectivity index (χ1) is 6.81. The SMILES string of the molecule is CCOc1cccc2ccc(O)cc12. The molecule has 2 rings (SSSR count). The molecular weight excluding hydrogens is 176 g/mol. The summed E-state index contributed by atoms with van der Waals surface area (Å²) in [6.45, 7) is 2.58. The van der Waals surface area contributed by atoms with Gasteiger partial charge < -0.3 is 9.84 Å². The molecule has 0 amide bonds. The van der Waals surface area contributed by atoms with Crippen molar-refractivity contribution < 1.29 is 9.84 Å². The highest BCUT2D eigenvalue weighted by molar-refractivity contribution is 5.89. The average Bonchev–Trinajstić information content (AvgIpc) is 2.19. The maximum Gasteiger partial charge on any atom is 0.127 e. The van der Waals surface area contributed by atoms with Crippen LogP contribution in [-0.2, 0) is 0 Å². The van der Waals surface area contributed by atoms with Crippen molar-refractivity contribution in [3.05, 3.63) is 36.4 Å². The van der Waals surface area contributed by atoms with Gasteiger partial charge in [0.15, 0.2) is 0 Å².